The van der Waals surface area contributed by atoms with Gasteiger partial charge in [-0.25, -0.2) is 28.6 Å². The summed E-state index contributed by atoms with van der Waals surface area (Å²) in [7, 11) is -16.4. The van der Waals surface area contributed by atoms with Crippen LogP contribution in [-0.4, -0.2) is 123 Å². The van der Waals surface area contributed by atoms with Crippen molar-refractivity contribution in [2.45, 2.75) is 180 Å². The van der Waals surface area contributed by atoms with Crippen LogP contribution in [0.3, 0.4) is 0 Å². The predicted molar refractivity (Wildman–Crippen MR) is 265 cm³/mol. The zero-order valence-corrected chi connectivity index (χ0v) is 44.9. The Labute approximate surface area is 420 Å². The van der Waals surface area contributed by atoms with Gasteiger partial charge in [0, 0.05) is 37.1 Å². The zero-order chi connectivity index (χ0) is 52.7. The van der Waals surface area contributed by atoms with E-state index in [1.54, 1.807) is 0 Å². The van der Waals surface area contributed by atoms with Crippen molar-refractivity contribution in [3.63, 3.8) is 0 Å². The molecule has 3 heterocycles. The number of imidazole rings is 1. The van der Waals surface area contributed by atoms with E-state index in [1.807, 2.05) is 0 Å². The first kappa shape index (κ1) is 62.9. The number of nitrogens with zero attached hydrogens (tertiary/aromatic N) is 4. The molecule has 0 radical (unpaired) electrons. The van der Waals surface area contributed by atoms with Crippen molar-refractivity contribution in [1.29, 1.82) is 0 Å². The first-order chi connectivity index (χ1) is 33.4. The second-order valence-corrected chi connectivity index (χ2v) is 24.1. The highest BCUT2D eigenvalue weighted by molar-refractivity contribution is 8.13. The topological polar surface area (TPSA) is 364 Å². The molecule has 1 fully saturated rings. The number of aromatic nitrogens is 4. The van der Waals surface area contributed by atoms with Crippen LogP contribution < -0.4 is 16.4 Å². The molecule has 2 aromatic rings. The lowest BCUT2D eigenvalue weighted by molar-refractivity contribution is -0.137. The van der Waals surface area contributed by atoms with E-state index in [0.29, 0.717) is 18.1 Å². The van der Waals surface area contributed by atoms with Gasteiger partial charge in [0.25, 0.3) is 0 Å². The van der Waals surface area contributed by atoms with Crippen molar-refractivity contribution >= 4 is 69.1 Å². The molecule has 10 N–H and O–H groups in total. The van der Waals surface area contributed by atoms with E-state index < -0.39 is 84.6 Å². The number of fused-ring (bicyclic) bond motifs is 1. The summed E-state index contributed by atoms with van der Waals surface area (Å²) in [6, 6.07) is 0. The Morgan fingerprint density at radius 1 is 0.845 bits per heavy atom. The molecule has 0 aromatic carbocycles. The molecule has 8 unspecified atom stereocenters. The predicted octanol–water partition coefficient (Wildman–Crippen LogP) is 6.34. The van der Waals surface area contributed by atoms with E-state index in [2.05, 4.69) is 48.3 Å². The van der Waals surface area contributed by atoms with Gasteiger partial charge in [0.2, 0.25) is 11.8 Å². The van der Waals surface area contributed by atoms with Gasteiger partial charge in [0.05, 0.1) is 19.5 Å². The summed E-state index contributed by atoms with van der Waals surface area (Å²) < 4.78 is 62.5. The molecule has 24 nitrogen and oxygen atoms in total. The van der Waals surface area contributed by atoms with E-state index >= 15 is 0 Å². The second kappa shape index (κ2) is 31.4. The third-order valence-electron chi connectivity index (χ3n) is 11.9. The van der Waals surface area contributed by atoms with Crippen molar-refractivity contribution in [2.24, 2.45) is 11.3 Å². The molecule has 8 atom stereocenters. The van der Waals surface area contributed by atoms with Crippen LogP contribution >= 0.6 is 35.2 Å². The number of anilines is 1. The summed E-state index contributed by atoms with van der Waals surface area (Å²) in [6.07, 6.45) is 15.2. The quantitative estimate of drug-likeness (QED) is 0.0261. The van der Waals surface area contributed by atoms with Crippen LogP contribution in [0.2, 0.25) is 0 Å². The van der Waals surface area contributed by atoms with E-state index in [-0.39, 0.29) is 41.6 Å². The normalized spacial score (nSPS) is 20.1. The molecule has 2 aromatic heterocycles. The van der Waals surface area contributed by atoms with Crippen molar-refractivity contribution in [2.75, 3.05) is 37.8 Å². The number of aliphatic hydroxyl groups excluding tert-OH is 2. The molecule has 0 saturated carbocycles. The molecule has 408 valence electrons. The first-order valence-corrected chi connectivity index (χ1v) is 30.0. The van der Waals surface area contributed by atoms with E-state index in [4.69, 9.17) is 19.5 Å². The number of aliphatic hydroxyl groups is 2. The smallest absolute Gasteiger partial charge is 0.386 e. The van der Waals surface area contributed by atoms with E-state index in [9.17, 15) is 57.9 Å². The lowest BCUT2D eigenvalue weighted by atomic mass is 9.87. The van der Waals surface area contributed by atoms with Gasteiger partial charge in [-0.2, -0.15) is 4.31 Å². The van der Waals surface area contributed by atoms with Crippen molar-refractivity contribution in [1.82, 2.24) is 30.2 Å². The van der Waals surface area contributed by atoms with Crippen LogP contribution in [0.25, 0.3) is 11.2 Å². The summed E-state index contributed by atoms with van der Waals surface area (Å²) in [4.78, 5) is 88.6. The molecule has 0 spiro atoms. The molecular formula is C43H78N7O17P3S. The van der Waals surface area contributed by atoms with Gasteiger partial charge in [-0.15, -0.1) is 0 Å². The minimum atomic E-state index is -5.58. The Hall–Kier alpha value is -2.44. The van der Waals surface area contributed by atoms with Gasteiger partial charge in [-0.05, 0) is 12.3 Å². The number of nitrogens with one attached hydrogen (secondary N) is 2. The molecular weight excluding hydrogens is 1010 g/mol. The maximum Gasteiger partial charge on any atom is 0.481 e. The van der Waals surface area contributed by atoms with Crippen molar-refractivity contribution in [3.05, 3.63) is 12.7 Å². The third-order valence-corrected chi connectivity index (χ3v) is 15.9. The number of hydrogen-bond donors (Lipinski definition) is 9. The van der Waals surface area contributed by atoms with E-state index in [1.165, 1.54) is 104 Å². The number of thioether (sulfide) groups is 1. The number of ether oxygens (including phenoxy) is 1. The molecule has 28 heteroatoms. The van der Waals surface area contributed by atoms with Gasteiger partial charge < -0.3 is 50.9 Å². The van der Waals surface area contributed by atoms with Gasteiger partial charge in [-0.1, -0.05) is 142 Å². The SMILES string of the molecule is CCCCCCCCCCCCCCC(C)CCCCCC(=O)SCCNC(=O)CCNC(=O)C(O)C(C)(C)COP(=O)(O)OP(=O)(O)OCC1OC(n2cnc3c(N)ncnc32)C(O)C1OP(=O)(O)O. The van der Waals surface area contributed by atoms with Crippen LogP contribution in [0, 0.1) is 11.3 Å². The largest absolute Gasteiger partial charge is 0.481 e. The van der Waals surface area contributed by atoms with Crippen LogP contribution in [0.1, 0.15) is 156 Å². The number of rotatable bonds is 38. The Morgan fingerprint density at radius 3 is 2.06 bits per heavy atom. The van der Waals surface area contributed by atoms with Gasteiger partial charge in [0.15, 0.2) is 22.8 Å². The lowest BCUT2D eigenvalue weighted by Gasteiger charge is -2.30. The highest BCUT2D eigenvalue weighted by Crippen LogP contribution is 2.61. The number of carbonyl (C=O) groups is 3. The van der Waals surface area contributed by atoms with Gasteiger partial charge >= 0.3 is 23.5 Å². The van der Waals surface area contributed by atoms with E-state index in [0.717, 1.165) is 48.2 Å². The fraction of sp³-hybridized carbons (Fsp3) is 0.814. The zero-order valence-electron chi connectivity index (χ0n) is 41.4. The molecule has 1 aliphatic heterocycles. The number of amides is 2. The minimum absolute atomic E-state index is 0.0342. The standard InChI is InChI=1S/C43H78N7O17P3S/c1-5-6-7-8-9-10-11-12-13-14-15-17-20-31(2)21-18-16-19-22-34(52)71-26-25-45-33(51)23-24-46-41(55)38(54)43(3,4)28-64-70(61,62)67-69(59,60)63-27-32-37(66-68(56,57)58)36(53)42(65-32)50-30-49-35-39(44)47-29-48-40(35)50/h29-32,36-38,42,53-54H,5-28H2,1-4H3,(H,45,51)(H,46,55)(H,59,60)(H,61,62)(H2,44,47,48)(H2,56,57,58). The second-order valence-electron chi connectivity index (χ2n) is 18.7. The third kappa shape index (κ3) is 24.2. The number of unbranched alkanes of at least 4 members (excludes halogenated alkanes) is 13. The molecule has 0 aliphatic carbocycles. The van der Waals surface area contributed by atoms with Crippen LogP contribution in [0.5, 0.6) is 0 Å². The minimum Gasteiger partial charge on any atom is -0.386 e. The first-order valence-electron chi connectivity index (χ1n) is 24.5. The fourth-order valence-electron chi connectivity index (χ4n) is 7.78. The molecule has 1 saturated heterocycles. The molecule has 71 heavy (non-hydrogen) atoms. The Kier molecular flexibility index (Phi) is 27.8. The maximum atomic E-state index is 12.8. The van der Waals surface area contributed by atoms with Gasteiger partial charge in [-0.3, -0.25) is 32.5 Å². The maximum absolute atomic E-state index is 12.8. The van der Waals surface area contributed by atoms with Crippen LogP contribution in [0.15, 0.2) is 12.7 Å². The fourth-order valence-corrected chi connectivity index (χ4v) is 11.3. The highest BCUT2D eigenvalue weighted by atomic mass is 32.2. The number of nitrogen functional groups attached to an aromatic ring is 1. The average molecular weight is 1090 g/mol. The van der Waals surface area contributed by atoms with Crippen LogP contribution in [-0.2, 0) is 50.7 Å². The summed E-state index contributed by atoms with van der Waals surface area (Å²) in [6.45, 7) is 5.16. The number of phosphoric ester groups is 3. The van der Waals surface area contributed by atoms with Gasteiger partial charge in [0.1, 0.15) is 36.3 Å². The highest BCUT2D eigenvalue weighted by Gasteiger charge is 2.50. The number of phosphoric acid groups is 3. The summed E-state index contributed by atoms with van der Waals surface area (Å²) in [5.74, 6) is -0.320. The number of hydrogen-bond acceptors (Lipinski definition) is 18. The summed E-state index contributed by atoms with van der Waals surface area (Å²) in [5.41, 5.74) is 4.29. The van der Waals surface area contributed by atoms with Crippen molar-refractivity contribution in [3.8, 4) is 0 Å². The van der Waals surface area contributed by atoms with Crippen molar-refractivity contribution < 1.29 is 80.5 Å². The Bertz CT molecular complexity index is 2080. The Balaban J connectivity index is 1.27. The molecule has 2 amide bonds. The number of nitrogens with two attached hydrogens (primary N) is 1. The number of carbonyl (C=O) groups excluding carboxylic acids is 3. The van der Waals surface area contributed by atoms with Crippen LogP contribution in [0.4, 0.5) is 5.82 Å². The summed E-state index contributed by atoms with van der Waals surface area (Å²) >= 11 is 1.16. The summed E-state index contributed by atoms with van der Waals surface area (Å²) in [5, 5.41) is 26.7. The monoisotopic (exact) mass is 1090 g/mol. The Morgan fingerprint density at radius 2 is 1.44 bits per heavy atom. The molecule has 3 rings (SSSR count). The lowest BCUT2D eigenvalue weighted by Crippen LogP contribution is -2.46. The average Bonchev–Trinajstić information content (AvgIpc) is 3.86. The molecule has 1 aliphatic rings. The molecule has 0 bridgehead atoms.